The van der Waals surface area contributed by atoms with Crippen LogP contribution in [0.25, 0.3) is 0 Å². The highest BCUT2D eigenvalue weighted by molar-refractivity contribution is 7.90. The zero-order valence-electron chi connectivity index (χ0n) is 10.7. The Morgan fingerprint density at radius 2 is 1.95 bits per heavy atom. The number of halogens is 2. The van der Waals surface area contributed by atoms with Crippen LogP contribution in [0.1, 0.15) is 11.1 Å². The Kier molecular flexibility index (Phi) is 4.01. The van der Waals surface area contributed by atoms with E-state index in [2.05, 4.69) is 0 Å². The molecule has 0 unspecified atom stereocenters. The van der Waals surface area contributed by atoms with Crippen LogP contribution in [0.2, 0.25) is 5.02 Å². The van der Waals surface area contributed by atoms with E-state index in [9.17, 15) is 12.8 Å². The van der Waals surface area contributed by atoms with Crippen LogP contribution in [0.15, 0.2) is 41.3 Å². The van der Waals surface area contributed by atoms with Crippen LogP contribution >= 0.6 is 11.6 Å². The third-order valence-electron chi connectivity index (χ3n) is 2.98. The Bertz CT molecular complexity index is 760. The molecule has 3 nitrogen and oxygen atoms in total. The lowest BCUT2D eigenvalue weighted by molar-refractivity contribution is 0.587. The van der Waals surface area contributed by atoms with Crippen molar-refractivity contribution >= 4 is 27.1 Å². The number of nitrogens with two attached hydrogens (primary N) is 1. The average molecular weight is 314 g/mol. The fourth-order valence-electron chi connectivity index (χ4n) is 1.79. The van der Waals surface area contributed by atoms with Gasteiger partial charge in [-0.3, -0.25) is 0 Å². The van der Waals surface area contributed by atoms with Crippen molar-refractivity contribution in [1.29, 1.82) is 0 Å². The largest absolute Gasteiger partial charge is 0.399 e. The van der Waals surface area contributed by atoms with Gasteiger partial charge in [-0.2, -0.15) is 0 Å². The van der Waals surface area contributed by atoms with E-state index in [0.717, 1.165) is 0 Å². The molecule has 20 heavy (non-hydrogen) atoms. The van der Waals surface area contributed by atoms with Gasteiger partial charge in [0.05, 0.1) is 15.7 Å². The maximum atomic E-state index is 13.8. The highest BCUT2D eigenvalue weighted by Crippen LogP contribution is 2.24. The summed E-state index contributed by atoms with van der Waals surface area (Å²) in [5.74, 6) is -1.15. The van der Waals surface area contributed by atoms with E-state index in [4.69, 9.17) is 17.3 Å². The van der Waals surface area contributed by atoms with Gasteiger partial charge in [-0.05, 0) is 36.8 Å². The van der Waals surface area contributed by atoms with Crippen molar-refractivity contribution in [2.75, 3.05) is 5.73 Å². The lowest BCUT2D eigenvalue weighted by Crippen LogP contribution is -2.07. The monoisotopic (exact) mass is 313 g/mol. The highest BCUT2D eigenvalue weighted by atomic mass is 35.5. The van der Waals surface area contributed by atoms with Gasteiger partial charge in [0.2, 0.25) is 0 Å². The fourth-order valence-corrected chi connectivity index (χ4v) is 3.41. The summed E-state index contributed by atoms with van der Waals surface area (Å²) in [7, 11) is -3.65. The molecule has 0 aliphatic heterocycles. The molecule has 0 spiro atoms. The van der Waals surface area contributed by atoms with Gasteiger partial charge >= 0.3 is 0 Å². The lowest BCUT2D eigenvalue weighted by Gasteiger charge is -2.08. The van der Waals surface area contributed by atoms with E-state index in [1.54, 1.807) is 6.92 Å². The minimum absolute atomic E-state index is 0.0481. The number of hydrogen-bond donors (Lipinski definition) is 1. The van der Waals surface area contributed by atoms with E-state index in [0.29, 0.717) is 11.3 Å². The zero-order chi connectivity index (χ0) is 14.9. The van der Waals surface area contributed by atoms with Crippen LogP contribution < -0.4 is 5.73 Å². The predicted molar refractivity (Wildman–Crippen MR) is 77.9 cm³/mol. The molecule has 0 aromatic heterocycles. The van der Waals surface area contributed by atoms with Gasteiger partial charge in [0.1, 0.15) is 5.82 Å². The summed E-state index contributed by atoms with van der Waals surface area (Å²) >= 11 is 5.65. The molecule has 6 heteroatoms. The van der Waals surface area contributed by atoms with E-state index < -0.39 is 21.4 Å². The molecule has 0 saturated carbocycles. The van der Waals surface area contributed by atoms with Crippen LogP contribution in [-0.4, -0.2) is 8.42 Å². The lowest BCUT2D eigenvalue weighted by atomic mass is 10.2. The first-order chi connectivity index (χ1) is 9.31. The predicted octanol–water partition coefficient (Wildman–Crippen LogP) is 3.34. The van der Waals surface area contributed by atoms with Gasteiger partial charge in [-0.15, -0.1) is 0 Å². The molecule has 0 fully saturated rings. The van der Waals surface area contributed by atoms with Gasteiger partial charge in [0, 0.05) is 11.3 Å². The minimum atomic E-state index is -3.65. The molecule has 106 valence electrons. The van der Waals surface area contributed by atoms with Gasteiger partial charge in [-0.1, -0.05) is 23.7 Å². The van der Waals surface area contributed by atoms with Crippen molar-refractivity contribution in [3.63, 3.8) is 0 Å². The number of rotatable bonds is 3. The van der Waals surface area contributed by atoms with Crippen molar-refractivity contribution in [1.82, 2.24) is 0 Å². The number of benzene rings is 2. The van der Waals surface area contributed by atoms with E-state index >= 15 is 0 Å². The summed E-state index contributed by atoms with van der Waals surface area (Å²) in [6.07, 6.45) is 0. The Hall–Kier alpha value is -1.59. The normalized spacial score (nSPS) is 11.6. The maximum absolute atomic E-state index is 13.8. The first-order valence-electron chi connectivity index (χ1n) is 5.83. The molecule has 0 radical (unpaired) electrons. The molecular formula is C14H13ClFNO2S. The molecular weight excluding hydrogens is 301 g/mol. The van der Waals surface area contributed by atoms with Crippen LogP contribution in [0, 0.1) is 12.7 Å². The third-order valence-corrected chi connectivity index (χ3v) is 4.93. The molecule has 0 aliphatic rings. The zero-order valence-corrected chi connectivity index (χ0v) is 12.3. The van der Waals surface area contributed by atoms with E-state index in [1.807, 2.05) is 0 Å². The van der Waals surface area contributed by atoms with Crippen LogP contribution in [0.5, 0.6) is 0 Å². The molecule has 2 aromatic rings. The van der Waals surface area contributed by atoms with Crippen LogP contribution in [0.4, 0.5) is 10.1 Å². The molecule has 0 heterocycles. The number of hydrogen-bond acceptors (Lipinski definition) is 3. The molecule has 0 amide bonds. The van der Waals surface area contributed by atoms with Crippen molar-refractivity contribution in [2.45, 2.75) is 17.6 Å². The molecule has 0 atom stereocenters. The molecule has 2 aromatic carbocycles. The van der Waals surface area contributed by atoms with E-state index in [1.165, 1.54) is 36.4 Å². The van der Waals surface area contributed by atoms with Crippen molar-refractivity contribution in [3.05, 3.63) is 58.4 Å². The first kappa shape index (κ1) is 14.8. The summed E-state index contributed by atoms with van der Waals surface area (Å²) in [6, 6.07) is 8.72. The molecule has 0 aliphatic carbocycles. The molecule has 0 bridgehead atoms. The second-order valence-corrected chi connectivity index (χ2v) is 6.89. The Morgan fingerprint density at radius 1 is 1.25 bits per heavy atom. The quantitative estimate of drug-likeness (QED) is 0.884. The maximum Gasteiger partial charge on any atom is 0.182 e. The summed E-state index contributed by atoms with van der Waals surface area (Å²) in [5.41, 5.74) is 6.88. The Morgan fingerprint density at radius 3 is 2.60 bits per heavy atom. The topological polar surface area (TPSA) is 60.2 Å². The van der Waals surface area contributed by atoms with Crippen molar-refractivity contribution < 1.29 is 12.8 Å². The molecule has 2 rings (SSSR count). The molecule has 0 saturated heterocycles. The summed E-state index contributed by atoms with van der Waals surface area (Å²) in [5, 5.41) is -0.0915. The van der Waals surface area contributed by atoms with Gasteiger partial charge in [0.25, 0.3) is 0 Å². The third kappa shape index (κ3) is 2.94. The van der Waals surface area contributed by atoms with Crippen molar-refractivity contribution in [2.24, 2.45) is 0 Å². The smallest absolute Gasteiger partial charge is 0.182 e. The standard InChI is InChI=1S/C14H13ClFNO2S/c1-9-7-11(5-6-13(9)17)20(18,19)8-10-3-2-4-12(15)14(10)16/h2-7H,8,17H2,1H3. The number of nitrogen functional groups attached to an aromatic ring is 1. The van der Waals surface area contributed by atoms with Gasteiger partial charge in [0.15, 0.2) is 9.84 Å². The van der Waals surface area contributed by atoms with Gasteiger partial charge in [-0.25, -0.2) is 12.8 Å². The Balaban J connectivity index is 2.41. The second kappa shape index (κ2) is 5.42. The second-order valence-electron chi connectivity index (χ2n) is 4.49. The fraction of sp³-hybridized carbons (Fsp3) is 0.143. The SMILES string of the molecule is Cc1cc(S(=O)(=O)Cc2cccc(Cl)c2F)ccc1N. The summed E-state index contributed by atoms with van der Waals surface area (Å²) in [4.78, 5) is 0.114. The number of sulfone groups is 1. The van der Waals surface area contributed by atoms with Crippen LogP contribution in [0.3, 0.4) is 0 Å². The van der Waals surface area contributed by atoms with Crippen LogP contribution in [-0.2, 0) is 15.6 Å². The molecule has 2 N–H and O–H groups in total. The summed E-state index contributed by atoms with van der Waals surface area (Å²) < 4.78 is 38.3. The first-order valence-corrected chi connectivity index (χ1v) is 7.86. The van der Waals surface area contributed by atoms with E-state index in [-0.39, 0.29) is 15.5 Å². The number of anilines is 1. The summed E-state index contributed by atoms with van der Waals surface area (Å²) in [6.45, 7) is 1.72. The minimum Gasteiger partial charge on any atom is -0.399 e. The number of aryl methyl sites for hydroxylation is 1. The Labute approximate surface area is 122 Å². The van der Waals surface area contributed by atoms with Gasteiger partial charge < -0.3 is 5.73 Å². The highest BCUT2D eigenvalue weighted by Gasteiger charge is 2.19. The van der Waals surface area contributed by atoms with Crippen molar-refractivity contribution in [3.8, 4) is 0 Å². The average Bonchev–Trinajstić information content (AvgIpc) is 2.38.